The number of hydrogen-bond donors (Lipinski definition) is 6. The van der Waals surface area contributed by atoms with Crippen LogP contribution in [0.3, 0.4) is 0 Å². The van der Waals surface area contributed by atoms with Gasteiger partial charge in [0, 0.05) is 37.3 Å². The highest BCUT2D eigenvalue weighted by molar-refractivity contribution is 6.08. The minimum absolute atomic E-state index is 0.134. The molecule has 0 aromatic heterocycles. The van der Waals surface area contributed by atoms with Crippen molar-refractivity contribution >= 4 is 17.6 Å². The normalized spacial score (nSPS) is 24.4. The number of carbonyl (C=O) groups is 3. The van der Waals surface area contributed by atoms with Crippen LogP contribution in [0.5, 0.6) is 23.0 Å². The van der Waals surface area contributed by atoms with Gasteiger partial charge in [-0.25, -0.2) is 0 Å². The molecule has 3 aromatic carbocycles. The van der Waals surface area contributed by atoms with Crippen LogP contribution in [0, 0.1) is 11.3 Å². The van der Waals surface area contributed by atoms with Gasteiger partial charge in [-0.3, -0.25) is 14.4 Å². The van der Waals surface area contributed by atoms with Gasteiger partial charge in [-0.15, -0.1) is 0 Å². The Kier molecular flexibility index (Phi) is 7.17. The highest BCUT2D eigenvalue weighted by Gasteiger charge is 2.72. The Morgan fingerprint density at radius 3 is 2.00 bits per heavy atom. The van der Waals surface area contributed by atoms with Gasteiger partial charge in [0.05, 0.1) is 11.3 Å². The molecule has 3 aromatic rings. The van der Waals surface area contributed by atoms with E-state index < -0.39 is 51.9 Å². The number of fused-ring (bicyclic) bond motifs is 3. The van der Waals surface area contributed by atoms with Crippen molar-refractivity contribution in [3.8, 4) is 23.0 Å². The van der Waals surface area contributed by atoms with Gasteiger partial charge in [-0.05, 0) is 72.0 Å². The molecule has 226 valence electrons. The molecule has 1 spiro atoms. The second-order valence-electron chi connectivity index (χ2n) is 11.4. The molecule has 0 saturated heterocycles. The molecule has 44 heavy (non-hydrogen) atoms. The summed E-state index contributed by atoms with van der Waals surface area (Å²) in [5.41, 5.74) is -0.179. The van der Waals surface area contributed by atoms with E-state index in [2.05, 4.69) is 10.6 Å². The second-order valence-corrected chi connectivity index (χ2v) is 11.4. The van der Waals surface area contributed by atoms with E-state index in [1.165, 1.54) is 25.3 Å². The highest BCUT2D eigenvalue weighted by Crippen LogP contribution is 2.70. The Morgan fingerprint density at radius 2 is 1.41 bits per heavy atom. The van der Waals surface area contributed by atoms with Crippen molar-refractivity contribution < 1.29 is 39.5 Å². The molecule has 0 heterocycles. The molecule has 2 amide bonds. The summed E-state index contributed by atoms with van der Waals surface area (Å²) in [6.07, 6.45) is 5.62. The quantitative estimate of drug-likeness (QED) is 0.205. The standard InChI is InChI=1S/C34H32N2O8/c1-44-34-25-17-27(40)26(39)16-23(25)30-29(32(43)36-15-12-20-4-8-22(38)9-5-20)24(18-33(30,34)13-10-28(34)41)31(42)35-14-11-19-2-6-21(37)7-3-19/h2-10,13,16-18,29-30,37-40H,11-12,14-15H2,1H3,(H,35,42)(H,36,43)/t29-,30-,33+,34+/m1/s1. The van der Waals surface area contributed by atoms with Crippen LogP contribution >= 0.6 is 0 Å². The predicted octanol–water partition coefficient (Wildman–Crippen LogP) is 2.85. The van der Waals surface area contributed by atoms with Crippen molar-refractivity contribution in [1.29, 1.82) is 0 Å². The minimum Gasteiger partial charge on any atom is -0.508 e. The summed E-state index contributed by atoms with van der Waals surface area (Å²) in [6.45, 7) is 0.497. The molecule has 0 fully saturated rings. The summed E-state index contributed by atoms with van der Waals surface area (Å²) in [6, 6.07) is 15.9. The van der Waals surface area contributed by atoms with Crippen LogP contribution in [0.2, 0.25) is 0 Å². The number of carbonyl (C=O) groups excluding carboxylic acids is 3. The van der Waals surface area contributed by atoms with Gasteiger partial charge in [0.25, 0.3) is 0 Å². The zero-order valence-electron chi connectivity index (χ0n) is 23.9. The van der Waals surface area contributed by atoms with Crippen molar-refractivity contribution in [1.82, 2.24) is 10.6 Å². The number of rotatable bonds is 9. The summed E-state index contributed by atoms with van der Waals surface area (Å²) in [5.74, 6) is -3.74. The zero-order chi connectivity index (χ0) is 31.2. The van der Waals surface area contributed by atoms with Crippen molar-refractivity contribution in [2.45, 2.75) is 24.4 Å². The van der Waals surface area contributed by atoms with Crippen LogP contribution < -0.4 is 10.6 Å². The Bertz CT molecular complexity index is 1710. The zero-order valence-corrected chi connectivity index (χ0v) is 23.9. The summed E-state index contributed by atoms with van der Waals surface area (Å²) in [5, 5.41) is 45.9. The van der Waals surface area contributed by atoms with Crippen LogP contribution in [0.25, 0.3) is 0 Å². The van der Waals surface area contributed by atoms with Crippen molar-refractivity contribution in [3.05, 3.63) is 107 Å². The molecule has 0 aliphatic heterocycles. The number of amides is 2. The number of aromatic hydroxyl groups is 4. The third-order valence-electron chi connectivity index (χ3n) is 9.04. The maximum atomic E-state index is 14.0. The molecule has 0 radical (unpaired) electrons. The van der Waals surface area contributed by atoms with E-state index in [9.17, 15) is 34.8 Å². The number of nitrogens with one attached hydrogen (secondary N) is 2. The first kappa shape index (κ1) is 29.0. The number of ketones is 1. The summed E-state index contributed by atoms with van der Waals surface area (Å²) in [7, 11) is 1.37. The van der Waals surface area contributed by atoms with Gasteiger partial charge in [-0.1, -0.05) is 36.4 Å². The van der Waals surface area contributed by atoms with E-state index >= 15 is 0 Å². The first-order chi connectivity index (χ1) is 21.1. The molecule has 4 atom stereocenters. The van der Waals surface area contributed by atoms with Gasteiger partial charge in [0.2, 0.25) is 11.8 Å². The van der Waals surface area contributed by atoms with Crippen LogP contribution in [-0.4, -0.2) is 58.2 Å². The fourth-order valence-corrected chi connectivity index (χ4v) is 7.06. The molecule has 10 heteroatoms. The van der Waals surface area contributed by atoms with E-state index in [4.69, 9.17) is 4.74 Å². The molecular weight excluding hydrogens is 564 g/mol. The van der Waals surface area contributed by atoms with E-state index in [1.54, 1.807) is 60.7 Å². The summed E-state index contributed by atoms with van der Waals surface area (Å²) in [4.78, 5) is 41.4. The first-order valence-corrected chi connectivity index (χ1v) is 14.3. The maximum absolute atomic E-state index is 14.0. The number of benzene rings is 3. The molecule has 6 N–H and O–H groups in total. The number of phenolic OH excluding ortho intramolecular Hbond substituents is 4. The van der Waals surface area contributed by atoms with Crippen LogP contribution in [0.1, 0.15) is 28.2 Å². The maximum Gasteiger partial charge on any atom is 0.247 e. The van der Waals surface area contributed by atoms with E-state index in [0.29, 0.717) is 24.0 Å². The molecule has 0 bridgehead atoms. The molecule has 6 rings (SSSR count). The van der Waals surface area contributed by atoms with Crippen molar-refractivity contribution in [3.63, 3.8) is 0 Å². The molecular formula is C34H32N2O8. The van der Waals surface area contributed by atoms with Gasteiger partial charge in [0.15, 0.2) is 22.9 Å². The highest BCUT2D eigenvalue weighted by atomic mass is 16.5. The minimum atomic E-state index is -1.64. The first-order valence-electron chi connectivity index (χ1n) is 14.3. The summed E-state index contributed by atoms with van der Waals surface area (Å²) < 4.78 is 5.96. The second kappa shape index (κ2) is 10.9. The number of hydrogen-bond acceptors (Lipinski definition) is 8. The lowest BCUT2D eigenvalue weighted by atomic mass is 9.69. The largest absolute Gasteiger partial charge is 0.508 e. The lowest BCUT2D eigenvalue weighted by molar-refractivity contribution is -0.145. The van der Waals surface area contributed by atoms with E-state index in [1.807, 2.05) is 0 Å². The topological polar surface area (TPSA) is 165 Å². The smallest absolute Gasteiger partial charge is 0.247 e. The van der Waals surface area contributed by atoms with Gasteiger partial charge >= 0.3 is 0 Å². The Hall–Kier alpha value is -5.09. The third kappa shape index (κ3) is 4.41. The Morgan fingerprint density at radius 1 is 0.841 bits per heavy atom. The van der Waals surface area contributed by atoms with Crippen molar-refractivity contribution in [2.75, 3.05) is 20.2 Å². The fraction of sp³-hybridized carbons (Fsp3) is 0.265. The lowest BCUT2D eigenvalue weighted by Crippen LogP contribution is -2.46. The SMILES string of the molecule is CO[C@@]12C(=O)C=C[C@@]13C=C(C(=O)NCCc1ccc(O)cc1)[C@@H](C(=O)NCCc1ccc(O)cc1)[C@H]3c1cc(O)c(O)cc12. The molecule has 10 nitrogen and oxygen atoms in total. The number of ether oxygens (including phenoxy) is 1. The van der Waals surface area contributed by atoms with Crippen LogP contribution in [0.4, 0.5) is 0 Å². The Balaban J connectivity index is 1.35. The monoisotopic (exact) mass is 596 g/mol. The van der Waals surface area contributed by atoms with Crippen molar-refractivity contribution in [2.24, 2.45) is 11.3 Å². The fourth-order valence-electron chi connectivity index (χ4n) is 7.06. The van der Waals surface area contributed by atoms with Crippen LogP contribution in [-0.2, 0) is 37.6 Å². The molecule has 0 unspecified atom stereocenters. The van der Waals surface area contributed by atoms with E-state index in [0.717, 1.165) is 11.1 Å². The van der Waals surface area contributed by atoms with Crippen LogP contribution in [0.15, 0.2) is 84.5 Å². The molecule has 3 aliphatic rings. The van der Waals surface area contributed by atoms with Gasteiger partial charge < -0.3 is 35.8 Å². The molecule has 3 aliphatic carbocycles. The lowest BCUT2D eigenvalue weighted by Gasteiger charge is -2.37. The Labute approximate surface area is 253 Å². The average molecular weight is 597 g/mol. The average Bonchev–Trinajstić information content (AvgIpc) is 3.57. The molecule has 0 saturated carbocycles. The summed E-state index contributed by atoms with van der Waals surface area (Å²) >= 11 is 0. The number of methoxy groups -OCH3 is 1. The van der Waals surface area contributed by atoms with E-state index in [-0.39, 0.29) is 30.2 Å². The third-order valence-corrected chi connectivity index (χ3v) is 9.04. The van der Waals surface area contributed by atoms with Gasteiger partial charge in [0.1, 0.15) is 11.5 Å². The van der Waals surface area contributed by atoms with Gasteiger partial charge in [-0.2, -0.15) is 0 Å². The number of phenols is 4. The predicted molar refractivity (Wildman–Crippen MR) is 159 cm³/mol.